The minimum absolute atomic E-state index is 0.0223. The number of rotatable bonds is 14. The summed E-state index contributed by atoms with van der Waals surface area (Å²) in [5.74, 6) is -5.08. The molecule has 0 radical (unpaired) electrons. The van der Waals surface area contributed by atoms with Gasteiger partial charge in [-0.15, -0.1) is 0 Å². The number of aromatic hydroxyl groups is 1. The quantitative estimate of drug-likeness (QED) is 0.0703. The van der Waals surface area contributed by atoms with Crippen molar-refractivity contribution < 1.29 is 39.3 Å². The lowest BCUT2D eigenvalue weighted by atomic mass is 10.0. The summed E-state index contributed by atoms with van der Waals surface area (Å²) < 4.78 is 0. The van der Waals surface area contributed by atoms with Gasteiger partial charge in [-0.1, -0.05) is 12.1 Å². The molecule has 2 rings (SSSR count). The molecule has 1 aromatic carbocycles. The molecule has 0 spiro atoms. The van der Waals surface area contributed by atoms with Gasteiger partial charge in [-0.2, -0.15) is 0 Å². The van der Waals surface area contributed by atoms with E-state index in [0.29, 0.717) is 31.4 Å². The number of nitrogens with one attached hydrogen (secondary N) is 2. The number of amides is 3. The molecule has 1 aliphatic rings. The number of aliphatic carboxylic acids is 2. The molecule has 11 N–H and O–H groups in total. The zero-order valence-electron chi connectivity index (χ0n) is 21.3. The first-order valence-electron chi connectivity index (χ1n) is 12.3. The van der Waals surface area contributed by atoms with Gasteiger partial charge in [0.1, 0.15) is 23.9 Å². The second-order valence-corrected chi connectivity index (χ2v) is 9.17. The molecule has 0 saturated carbocycles. The lowest BCUT2D eigenvalue weighted by Gasteiger charge is -2.28. The van der Waals surface area contributed by atoms with Crippen LogP contribution >= 0.6 is 0 Å². The van der Waals surface area contributed by atoms with Crippen LogP contribution in [0, 0.1) is 0 Å². The molecule has 15 heteroatoms. The first-order chi connectivity index (χ1) is 18.4. The van der Waals surface area contributed by atoms with Crippen molar-refractivity contribution in [3.8, 4) is 5.75 Å². The van der Waals surface area contributed by atoms with Crippen LogP contribution in [0.1, 0.15) is 37.7 Å². The molecule has 39 heavy (non-hydrogen) atoms. The fourth-order valence-corrected chi connectivity index (χ4v) is 4.15. The van der Waals surface area contributed by atoms with E-state index in [1.807, 2.05) is 0 Å². The summed E-state index contributed by atoms with van der Waals surface area (Å²) in [6.45, 7) is 0.577. The molecule has 1 saturated heterocycles. The summed E-state index contributed by atoms with van der Waals surface area (Å²) in [6.07, 6.45) is 0.620. The standard InChI is InChI=1S/C24H35N7O8/c25-15(3-1-9-28-24(26)27)22(37)31-10-2-4-18(31)21(36)29-16(11-13-5-7-14(32)8-6-13)20(35)30-17(23(38)39)12-19(33)34/h5-8,15-18,32H,1-4,9-12,25H2,(H,29,36)(H,30,35)(H,33,34)(H,38,39)(H4,26,27,28). The van der Waals surface area contributed by atoms with Crippen LogP contribution in [0.5, 0.6) is 5.75 Å². The van der Waals surface area contributed by atoms with Gasteiger partial charge >= 0.3 is 11.9 Å². The highest BCUT2D eigenvalue weighted by atomic mass is 16.4. The number of carbonyl (C=O) groups is 5. The summed E-state index contributed by atoms with van der Waals surface area (Å²) >= 11 is 0. The van der Waals surface area contributed by atoms with Gasteiger partial charge in [-0.25, -0.2) is 4.79 Å². The van der Waals surface area contributed by atoms with Gasteiger partial charge in [0.2, 0.25) is 17.7 Å². The van der Waals surface area contributed by atoms with Crippen LogP contribution in [0.4, 0.5) is 0 Å². The fraction of sp³-hybridized carbons (Fsp3) is 0.500. The summed E-state index contributed by atoms with van der Waals surface area (Å²) in [4.78, 5) is 66.9. The molecular formula is C24H35N7O8. The Morgan fingerprint density at radius 2 is 1.72 bits per heavy atom. The molecule has 3 amide bonds. The van der Waals surface area contributed by atoms with E-state index in [-0.39, 0.29) is 31.1 Å². The minimum Gasteiger partial charge on any atom is -0.508 e. The average Bonchev–Trinajstić information content (AvgIpc) is 3.36. The largest absolute Gasteiger partial charge is 0.508 e. The Morgan fingerprint density at radius 3 is 2.31 bits per heavy atom. The monoisotopic (exact) mass is 549 g/mol. The van der Waals surface area contributed by atoms with E-state index in [1.165, 1.54) is 29.2 Å². The lowest BCUT2D eigenvalue weighted by Crippen LogP contribution is -2.57. The van der Waals surface area contributed by atoms with Crippen LogP contribution < -0.4 is 27.8 Å². The van der Waals surface area contributed by atoms with E-state index in [4.69, 9.17) is 22.3 Å². The van der Waals surface area contributed by atoms with Crippen molar-refractivity contribution in [1.29, 1.82) is 0 Å². The number of carbonyl (C=O) groups excluding carboxylic acids is 3. The highest BCUT2D eigenvalue weighted by Gasteiger charge is 2.38. The van der Waals surface area contributed by atoms with Gasteiger partial charge in [0.05, 0.1) is 12.5 Å². The number of nitrogens with two attached hydrogens (primary N) is 3. The highest BCUT2D eigenvalue weighted by molar-refractivity contribution is 5.95. The molecule has 4 unspecified atom stereocenters. The number of aliphatic imine (C=N–C) groups is 1. The lowest BCUT2D eigenvalue weighted by molar-refractivity contribution is -0.147. The molecular weight excluding hydrogens is 514 g/mol. The third-order valence-electron chi connectivity index (χ3n) is 6.13. The molecule has 1 aliphatic heterocycles. The second-order valence-electron chi connectivity index (χ2n) is 9.17. The van der Waals surface area contributed by atoms with Crippen LogP contribution in [0.2, 0.25) is 0 Å². The molecule has 0 bridgehead atoms. The van der Waals surface area contributed by atoms with E-state index in [1.54, 1.807) is 0 Å². The normalized spacial score (nSPS) is 16.9. The van der Waals surface area contributed by atoms with Gasteiger partial charge in [0, 0.05) is 19.5 Å². The van der Waals surface area contributed by atoms with Gasteiger partial charge in [-0.3, -0.25) is 24.2 Å². The number of nitrogens with zero attached hydrogens (tertiary/aromatic N) is 2. The topological polar surface area (TPSA) is 264 Å². The smallest absolute Gasteiger partial charge is 0.326 e. The summed E-state index contributed by atoms with van der Waals surface area (Å²) in [5, 5.41) is 32.6. The zero-order valence-corrected chi connectivity index (χ0v) is 21.3. The van der Waals surface area contributed by atoms with E-state index in [0.717, 1.165) is 0 Å². The molecule has 0 aliphatic carbocycles. The van der Waals surface area contributed by atoms with Gasteiger partial charge < -0.3 is 48.1 Å². The Labute approximate surface area is 224 Å². The maximum Gasteiger partial charge on any atom is 0.326 e. The van der Waals surface area contributed by atoms with E-state index >= 15 is 0 Å². The predicted molar refractivity (Wildman–Crippen MR) is 138 cm³/mol. The zero-order chi connectivity index (χ0) is 29.1. The van der Waals surface area contributed by atoms with Crippen LogP contribution in [0.25, 0.3) is 0 Å². The van der Waals surface area contributed by atoms with Crippen molar-refractivity contribution in [3.63, 3.8) is 0 Å². The number of carboxylic acids is 2. The van der Waals surface area contributed by atoms with Crippen molar-refractivity contribution >= 4 is 35.6 Å². The number of phenolic OH excluding ortho intramolecular Hbond substituents is 1. The maximum absolute atomic E-state index is 13.3. The number of guanidine groups is 1. The highest BCUT2D eigenvalue weighted by Crippen LogP contribution is 2.20. The first-order valence-corrected chi connectivity index (χ1v) is 12.3. The molecule has 1 aromatic rings. The van der Waals surface area contributed by atoms with E-state index in [9.17, 15) is 34.2 Å². The summed E-state index contributed by atoms with van der Waals surface area (Å²) in [7, 11) is 0. The van der Waals surface area contributed by atoms with Crippen LogP contribution in [0.15, 0.2) is 29.3 Å². The van der Waals surface area contributed by atoms with E-state index in [2.05, 4.69) is 15.6 Å². The number of hydrogen-bond acceptors (Lipinski definition) is 8. The van der Waals surface area contributed by atoms with Crippen LogP contribution in [0.3, 0.4) is 0 Å². The van der Waals surface area contributed by atoms with Crippen molar-refractivity contribution in [2.75, 3.05) is 13.1 Å². The Kier molecular flexibility index (Phi) is 11.5. The van der Waals surface area contributed by atoms with Crippen molar-refractivity contribution in [2.45, 2.75) is 62.7 Å². The second kappa shape index (κ2) is 14.5. The number of hydrogen-bond donors (Lipinski definition) is 8. The van der Waals surface area contributed by atoms with Gasteiger partial charge in [0.15, 0.2) is 5.96 Å². The number of benzene rings is 1. The minimum atomic E-state index is -1.73. The van der Waals surface area contributed by atoms with Crippen molar-refractivity contribution in [3.05, 3.63) is 29.8 Å². The average molecular weight is 550 g/mol. The molecule has 214 valence electrons. The maximum atomic E-state index is 13.3. The fourth-order valence-electron chi connectivity index (χ4n) is 4.15. The first kappa shape index (κ1) is 30.8. The van der Waals surface area contributed by atoms with Gasteiger partial charge in [0.25, 0.3) is 0 Å². The molecule has 0 aromatic heterocycles. The van der Waals surface area contributed by atoms with Crippen LogP contribution in [-0.2, 0) is 30.4 Å². The van der Waals surface area contributed by atoms with Gasteiger partial charge in [-0.05, 0) is 43.4 Å². The SMILES string of the molecule is NC(N)=NCCCC(N)C(=O)N1CCCC1C(=O)NC(Cc1ccc(O)cc1)C(=O)NC(CC(=O)O)C(=O)O. The summed E-state index contributed by atoms with van der Waals surface area (Å²) in [6, 6.07) is 0.951. The van der Waals surface area contributed by atoms with Crippen molar-refractivity contribution in [1.82, 2.24) is 15.5 Å². The van der Waals surface area contributed by atoms with E-state index < -0.39 is 60.2 Å². The molecule has 15 nitrogen and oxygen atoms in total. The summed E-state index contributed by atoms with van der Waals surface area (Å²) in [5.41, 5.74) is 17.1. The molecule has 4 atom stereocenters. The molecule has 1 heterocycles. The van der Waals surface area contributed by atoms with Crippen molar-refractivity contribution in [2.24, 2.45) is 22.2 Å². The Hall–Kier alpha value is -4.40. The number of phenols is 1. The predicted octanol–water partition coefficient (Wildman–Crippen LogP) is -2.16. The molecule has 1 fully saturated rings. The third kappa shape index (κ3) is 9.77. The number of likely N-dealkylation sites (tertiary alicyclic amines) is 1. The number of carboxylic acid groups (broad SMARTS) is 2. The van der Waals surface area contributed by atoms with Crippen LogP contribution in [-0.4, -0.2) is 93.1 Å². The Bertz CT molecular complexity index is 1070. The Balaban J connectivity index is 2.15. The third-order valence-corrected chi connectivity index (χ3v) is 6.13. The Morgan fingerprint density at radius 1 is 1.05 bits per heavy atom.